The van der Waals surface area contributed by atoms with Crippen molar-refractivity contribution in [1.29, 1.82) is 0 Å². The molecule has 1 aliphatic rings. The van der Waals surface area contributed by atoms with Crippen LogP contribution in [-0.4, -0.2) is 64.2 Å². The van der Waals surface area contributed by atoms with Crippen molar-refractivity contribution in [1.82, 2.24) is 10.2 Å². The number of methoxy groups -OCH3 is 2. The number of carbonyl (C=O) groups excluding carboxylic acids is 2. The highest BCUT2D eigenvalue weighted by Crippen LogP contribution is 2.31. The maximum atomic E-state index is 12.8. The number of ether oxygens (including phenoxy) is 2. The number of hydrogen-bond donors (Lipinski definition) is 1. The van der Waals surface area contributed by atoms with Crippen LogP contribution in [-0.2, 0) is 9.59 Å². The van der Waals surface area contributed by atoms with E-state index in [-0.39, 0.29) is 24.2 Å². The highest BCUT2D eigenvalue weighted by Gasteiger charge is 2.37. The number of nitrogens with zero attached hydrogens (tertiary/aromatic N) is 2. The van der Waals surface area contributed by atoms with Crippen LogP contribution in [0.15, 0.2) is 18.2 Å². The van der Waals surface area contributed by atoms with Crippen LogP contribution in [0, 0.1) is 0 Å². The molecule has 146 valence electrons. The first-order chi connectivity index (χ1) is 12.0. The summed E-state index contributed by atoms with van der Waals surface area (Å²) in [6, 6.07) is 4.95. The minimum atomic E-state index is -0.417. The van der Waals surface area contributed by atoms with Gasteiger partial charge in [-0.2, -0.15) is 0 Å². The molecule has 1 N–H and O–H groups in total. The molecule has 0 aliphatic carbocycles. The second kappa shape index (κ2) is 10.2. The van der Waals surface area contributed by atoms with Crippen LogP contribution >= 0.6 is 12.4 Å². The minimum absolute atomic E-state index is 0. The maximum absolute atomic E-state index is 12.8. The lowest BCUT2D eigenvalue weighted by molar-refractivity contribution is -0.136. The van der Waals surface area contributed by atoms with Gasteiger partial charge in [0.25, 0.3) is 0 Å². The number of nitrogens with one attached hydrogen (secondary N) is 1. The maximum Gasteiger partial charge on any atom is 0.249 e. The van der Waals surface area contributed by atoms with Crippen molar-refractivity contribution in [3.63, 3.8) is 0 Å². The predicted octanol–water partition coefficient (Wildman–Crippen LogP) is 1.69. The molecule has 8 heteroatoms. The molecule has 1 aromatic rings. The van der Waals surface area contributed by atoms with Crippen molar-refractivity contribution in [3.05, 3.63) is 18.2 Å². The molecule has 0 saturated carbocycles. The summed E-state index contributed by atoms with van der Waals surface area (Å²) in [5.41, 5.74) is 0.722. The Kier molecular flexibility index (Phi) is 8.68. The zero-order valence-corrected chi connectivity index (χ0v) is 16.6. The van der Waals surface area contributed by atoms with Gasteiger partial charge in [-0.15, -0.1) is 12.4 Å². The fourth-order valence-corrected chi connectivity index (χ4v) is 3.00. The Morgan fingerprint density at radius 3 is 2.42 bits per heavy atom. The molecule has 1 heterocycles. The van der Waals surface area contributed by atoms with E-state index in [0.29, 0.717) is 30.9 Å². The lowest BCUT2D eigenvalue weighted by Gasteiger charge is -2.24. The topological polar surface area (TPSA) is 71.1 Å². The molecule has 0 aromatic heterocycles. The molecule has 0 spiro atoms. The number of amides is 2. The summed E-state index contributed by atoms with van der Waals surface area (Å²) >= 11 is 0. The Balaban J connectivity index is 0.00000338. The van der Waals surface area contributed by atoms with Crippen molar-refractivity contribution in [2.24, 2.45) is 0 Å². The Hall–Kier alpha value is -1.99. The van der Waals surface area contributed by atoms with Crippen molar-refractivity contribution in [2.45, 2.75) is 25.3 Å². The summed E-state index contributed by atoms with van der Waals surface area (Å²) in [6.45, 7) is 1.35. The number of halogens is 1. The van der Waals surface area contributed by atoms with E-state index in [9.17, 15) is 9.59 Å². The molecule has 1 atom stereocenters. The first kappa shape index (κ1) is 22.1. The van der Waals surface area contributed by atoms with Crippen molar-refractivity contribution in [2.75, 3.05) is 46.3 Å². The van der Waals surface area contributed by atoms with Crippen LogP contribution in [0.2, 0.25) is 0 Å². The normalized spacial score (nSPS) is 16.2. The highest BCUT2D eigenvalue weighted by atomic mass is 35.5. The van der Waals surface area contributed by atoms with Gasteiger partial charge < -0.3 is 24.6 Å². The van der Waals surface area contributed by atoms with Gasteiger partial charge in [-0.3, -0.25) is 9.59 Å². The van der Waals surface area contributed by atoms with E-state index < -0.39 is 6.04 Å². The average molecular weight is 386 g/mol. The van der Waals surface area contributed by atoms with Gasteiger partial charge in [-0.05, 0) is 26.4 Å². The molecule has 2 rings (SSSR count). The third-order valence-electron chi connectivity index (χ3n) is 4.50. The first-order valence-electron chi connectivity index (χ1n) is 8.46. The molecular weight excluding hydrogens is 358 g/mol. The first-order valence-corrected chi connectivity index (χ1v) is 8.46. The lowest BCUT2D eigenvalue weighted by atomic mass is 10.2. The van der Waals surface area contributed by atoms with Gasteiger partial charge in [0.1, 0.15) is 17.5 Å². The van der Waals surface area contributed by atoms with Crippen LogP contribution in [0.4, 0.5) is 5.69 Å². The van der Waals surface area contributed by atoms with Gasteiger partial charge in [0.2, 0.25) is 11.8 Å². The standard InChI is InChI=1S/C18H27N3O4.ClH/c1-19-8-5-6-17(22)20(2)16-7-9-21(18(16)23)13-10-14(24-3)12-15(11-13)25-4;/h10-12,16,19H,5-9H2,1-4H3;1H. The van der Waals surface area contributed by atoms with Crippen LogP contribution in [0.1, 0.15) is 19.3 Å². The number of rotatable bonds is 8. The molecule has 2 amide bonds. The van der Waals surface area contributed by atoms with E-state index >= 15 is 0 Å². The third kappa shape index (κ3) is 5.02. The predicted molar refractivity (Wildman–Crippen MR) is 103 cm³/mol. The molecule has 0 radical (unpaired) electrons. The Morgan fingerprint density at radius 2 is 1.88 bits per heavy atom. The molecule has 26 heavy (non-hydrogen) atoms. The Labute approximate surface area is 161 Å². The lowest BCUT2D eigenvalue weighted by Crippen LogP contribution is -2.43. The van der Waals surface area contributed by atoms with Gasteiger partial charge in [0.05, 0.1) is 19.9 Å². The number of benzene rings is 1. The van der Waals surface area contributed by atoms with Gasteiger partial charge >= 0.3 is 0 Å². The Bertz CT molecular complexity index is 604. The zero-order valence-electron chi connectivity index (χ0n) is 15.8. The largest absolute Gasteiger partial charge is 0.497 e. The van der Waals surface area contributed by atoms with Gasteiger partial charge in [-0.1, -0.05) is 0 Å². The summed E-state index contributed by atoms with van der Waals surface area (Å²) in [6.07, 6.45) is 1.82. The van der Waals surface area contributed by atoms with E-state index in [1.54, 1.807) is 49.3 Å². The Morgan fingerprint density at radius 1 is 1.27 bits per heavy atom. The monoisotopic (exact) mass is 385 g/mol. The fraction of sp³-hybridized carbons (Fsp3) is 0.556. The molecule has 1 fully saturated rings. The van der Waals surface area contributed by atoms with Crippen LogP contribution in [0.3, 0.4) is 0 Å². The zero-order chi connectivity index (χ0) is 18.4. The van der Waals surface area contributed by atoms with Crippen molar-refractivity contribution >= 4 is 29.9 Å². The van der Waals surface area contributed by atoms with E-state index in [2.05, 4.69) is 5.32 Å². The van der Waals surface area contributed by atoms with E-state index in [0.717, 1.165) is 18.7 Å². The summed E-state index contributed by atoms with van der Waals surface area (Å²) in [5, 5.41) is 3.02. The van der Waals surface area contributed by atoms with E-state index in [1.165, 1.54) is 0 Å². The summed E-state index contributed by atoms with van der Waals surface area (Å²) < 4.78 is 10.5. The smallest absolute Gasteiger partial charge is 0.249 e. The third-order valence-corrected chi connectivity index (χ3v) is 4.50. The highest BCUT2D eigenvalue weighted by molar-refractivity contribution is 6.01. The van der Waals surface area contributed by atoms with Gasteiger partial charge in [-0.25, -0.2) is 0 Å². The van der Waals surface area contributed by atoms with E-state index in [4.69, 9.17) is 9.47 Å². The quantitative estimate of drug-likeness (QED) is 0.689. The minimum Gasteiger partial charge on any atom is -0.497 e. The summed E-state index contributed by atoms with van der Waals surface area (Å²) in [7, 11) is 6.71. The summed E-state index contributed by atoms with van der Waals surface area (Å²) in [4.78, 5) is 28.4. The molecule has 1 aromatic carbocycles. The number of likely N-dealkylation sites (N-methyl/N-ethyl adjacent to an activating group) is 1. The molecule has 1 aliphatic heterocycles. The van der Waals surface area contributed by atoms with Gasteiger partial charge in [0, 0.05) is 38.2 Å². The van der Waals surface area contributed by atoms with Crippen LogP contribution in [0.25, 0.3) is 0 Å². The van der Waals surface area contributed by atoms with Gasteiger partial charge in [0.15, 0.2) is 0 Å². The second-order valence-electron chi connectivity index (χ2n) is 6.08. The fourth-order valence-electron chi connectivity index (χ4n) is 3.00. The molecule has 7 nitrogen and oxygen atoms in total. The number of hydrogen-bond acceptors (Lipinski definition) is 5. The van der Waals surface area contributed by atoms with Crippen LogP contribution in [0.5, 0.6) is 11.5 Å². The molecule has 1 unspecified atom stereocenters. The average Bonchev–Trinajstić information content (AvgIpc) is 3.02. The SMILES string of the molecule is CNCCCC(=O)N(C)C1CCN(c2cc(OC)cc(OC)c2)C1=O.Cl. The van der Waals surface area contributed by atoms with E-state index in [1.807, 2.05) is 7.05 Å². The number of carbonyl (C=O) groups is 2. The summed E-state index contributed by atoms with van der Waals surface area (Å²) in [5.74, 6) is 1.18. The molecule has 0 bridgehead atoms. The number of anilines is 1. The molecule has 1 saturated heterocycles. The molecular formula is C18H28ClN3O4. The van der Waals surface area contributed by atoms with Crippen molar-refractivity contribution in [3.8, 4) is 11.5 Å². The second-order valence-corrected chi connectivity index (χ2v) is 6.08. The van der Waals surface area contributed by atoms with Crippen LogP contribution < -0.4 is 19.7 Å². The van der Waals surface area contributed by atoms with Crippen molar-refractivity contribution < 1.29 is 19.1 Å².